The maximum absolute atomic E-state index is 11.5. The van der Waals surface area contributed by atoms with Crippen LogP contribution in [0.1, 0.15) is 42.9 Å². The van der Waals surface area contributed by atoms with E-state index in [4.69, 9.17) is 4.74 Å². The third-order valence-electron chi connectivity index (χ3n) is 4.03. The van der Waals surface area contributed by atoms with Gasteiger partial charge < -0.3 is 9.84 Å². The molecular formula is C17H25NO3. The normalized spacial score (nSPS) is 17.3. The van der Waals surface area contributed by atoms with Gasteiger partial charge in [0, 0.05) is 12.5 Å². The summed E-state index contributed by atoms with van der Waals surface area (Å²) in [4.78, 5) is 11.5. The molecule has 0 saturated heterocycles. The number of hydrogen-bond donors (Lipinski definition) is 2. The Balaban J connectivity index is 1.97. The molecule has 4 heteroatoms. The van der Waals surface area contributed by atoms with Gasteiger partial charge in [-0.25, -0.2) is 0 Å². The first-order valence-corrected chi connectivity index (χ1v) is 7.53. The van der Waals surface area contributed by atoms with Gasteiger partial charge in [0.1, 0.15) is 11.3 Å². The highest BCUT2D eigenvalue weighted by Crippen LogP contribution is 2.27. The first-order valence-electron chi connectivity index (χ1n) is 7.53. The van der Waals surface area contributed by atoms with Gasteiger partial charge in [-0.1, -0.05) is 17.7 Å². The number of aliphatic carboxylic acids is 1. The van der Waals surface area contributed by atoms with Gasteiger partial charge in [-0.05, 0) is 51.7 Å². The molecule has 116 valence electrons. The summed E-state index contributed by atoms with van der Waals surface area (Å²) in [6.45, 7) is 8.24. The van der Waals surface area contributed by atoms with Gasteiger partial charge >= 0.3 is 5.97 Å². The smallest absolute Gasteiger partial charge is 0.323 e. The second-order valence-electron chi connectivity index (χ2n) is 6.38. The van der Waals surface area contributed by atoms with Crippen molar-refractivity contribution in [2.45, 2.75) is 58.5 Å². The van der Waals surface area contributed by atoms with Gasteiger partial charge in [-0.15, -0.1) is 0 Å². The van der Waals surface area contributed by atoms with Crippen LogP contribution in [0.5, 0.6) is 5.75 Å². The molecule has 1 atom stereocenters. The Kier molecular flexibility index (Phi) is 4.57. The van der Waals surface area contributed by atoms with E-state index < -0.39 is 11.5 Å². The van der Waals surface area contributed by atoms with Gasteiger partial charge in [0.05, 0.1) is 6.61 Å². The SMILES string of the molecule is Cc1cc(C)c(OCCC(C)(NC2CC2)C(=O)O)c(C)c1. The average Bonchev–Trinajstić information content (AvgIpc) is 3.16. The summed E-state index contributed by atoms with van der Waals surface area (Å²) in [6, 6.07) is 4.52. The van der Waals surface area contributed by atoms with Crippen molar-refractivity contribution in [2.24, 2.45) is 0 Å². The Morgan fingerprint density at radius 2 is 1.90 bits per heavy atom. The number of carboxylic acids is 1. The molecule has 1 aliphatic rings. The van der Waals surface area contributed by atoms with Crippen LogP contribution < -0.4 is 10.1 Å². The van der Waals surface area contributed by atoms with E-state index in [0.29, 0.717) is 19.1 Å². The molecule has 1 aliphatic carbocycles. The van der Waals surface area contributed by atoms with Crippen molar-refractivity contribution in [3.05, 3.63) is 28.8 Å². The Morgan fingerprint density at radius 1 is 1.33 bits per heavy atom. The number of carbonyl (C=O) groups is 1. The molecule has 4 nitrogen and oxygen atoms in total. The summed E-state index contributed by atoms with van der Waals surface area (Å²) in [7, 11) is 0. The number of carboxylic acid groups (broad SMARTS) is 1. The average molecular weight is 291 g/mol. The van der Waals surface area contributed by atoms with Crippen LogP contribution in [0.25, 0.3) is 0 Å². The minimum absolute atomic E-state index is 0.356. The Hall–Kier alpha value is -1.55. The van der Waals surface area contributed by atoms with Crippen molar-refractivity contribution < 1.29 is 14.6 Å². The Labute approximate surface area is 126 Å². The highest BCUT2D eigenvalue weighted by atomic mass is 16.5. The second-order valence-corrected chi connectivity index (χ2v) is 6.38. The minimum atomic E-state index is -0.909. The van der Waals surface area contributed by atoms with E-state index in [2.05, 4.69) is 24.4 Å². The maximum Gasteiger partial charge on any atom is 0.323 e. The van der Waals surface area contributed by atoms with Gasteiger partial charge in [-0.2, -0.15) is 0 Å². The predicted octanol–water partition coefficient (Wildman–Crippen LogP) is 2.98. The molecule has 0 bridgehead atoms. The molecule has 1 unspecified atom stereocenters. The molecule has 0 spiro atoms. The summed E-state index contributed by atoms with van der Waals surface area (Å²) in [6.07, 6.45) is 2.59. The van der Waals surface area contributed by atoms with Gasteiger partial charge in [0.25, 0.3) is 0 Å². The minimum Gasteiger partial charge on any atom is -0.493 e. The maximum atomic E-state index is 11.5. The van der Waals surface area contributed by atoms with Crippen LogP contribution in [-0.2, 0) is 4.79 Å². The molecule has 1 aromatic rings. The van der Waals surface area contributed by atoms with Crippen LogP contribution >= 0.6 is 0 Å². The van der Waals surface area contributed by atoms with E-state index in [9.17, 15) is 9.90 Å². The van der Waals surface area contributed by atoms with E-state index in [1.54, 1.807) is 6.92 Å². The van der Waals surface area contributed by atoms with Crippen molar-refractivity contribution in [2.75, 3.05) is 6.61 Å². The van der Waals surface area contributed by atoms with Crippen LogP contribution in [-0.4, -0.2) is 29.3 Å². The molecule has 1 saturated carbocycles. The van der Waals surface area contributed by atoms with Gasteiger partial charge in [-0.3, -0.25) is 10.1 Å². The number of rotatable bonds is 7. The number of nitrogens with one attached hydrogen (secondary N) is 1. The summed E-state index contributed by atoms with van der Waals surface area (Å²) < 4.78 is 5.87. The lowest BCUT2D eigenvalue weighted by Crippen LogP contribution is -2.51. The highest BCUT2D eigenvalue weighted by molar-refractivity contribution is 5.78. The lowest BCUT2D eigenvalue weighted by molar-refractivity contribution is -0.144. The summed E-state index contributed by atoms with van der Waals surface area (Å²) in [5.41, 5.74) is 2.50. The number of aryl methyl sites for hydroxylation is 3. The number of hydrogen-bond acceptors (Lipinski definition) is 3. The summed E-state index contributed by atoms with van der Waals surface area (Å²) >= 11 is 0. The second kappa shape index (κ2) is 6.06. The quantitative estimate of drug-likeness (QED) is 0.811. The highest BCUT2D eigenvalue weighted by Gasteiger charge is 2.38. The van der Waals surface area contributed by atoms with E-state index in [-0.39, 0.29) is 0 Å². The molecule has 0 radical (unpaired) electrons. The zero-order valence-corrected chi connectivity index (χ0v) is 13.3. The monoisotopic (exact) mass is 291 g/mol. The van der Waals surface area contributed by atoms with Crippen molar-refractivity contribution in [1.82, 2.24) is 5.32 Å². The summed E-state index contributed by atoms with van der Waals surface area (Å²) in [5.74, 6) is 0.0649. The lowest BCUT2D eigenvalue weighted by atomic mass is 9.98. The summed E-state index contributed by atoms with van der Waals surface area (Å²) in [5, 5.41) is 12.6. The van der Waals surface area contributed by atoms with Crippen molar-refractivity contribution in [3.63, 3.8) is 0 Å². The van der Waals surface area contributed by atoms with Gasteiger partial charge in [0.15, 0.2) is 0 Å². The predicted molar refractivity (Wildman–Crippen MR) is 83.0 cm³/mol. The van der Waals surface area contributed by atoms with Crippen LogP contribution in [0.4, 0.5) is 0 Å². The fraction of sp³-hybridized carbons (Fsp3) is 0.588. The fourth-order valence-electron chi connectivity index (χ4n) is 2.67. The lowest BCUT2D eigenvalue weighted by Gasteiger charge is -2.26. The third-order valence-corrected chi connectivity index (χ3v) is 4.03. The third kappa shape index (κ3) is 3.97. The zero-order chi connectivity index (χ0) is 15.6. The zero-order valence-electron chi connectivity index (χ0n) is 13.3. The molecule has 0 amide bonds. The molecule has 1 fully saturated rings. The van der Waals surface area contributed by atoms with Crippen LogP contribution in [0.3, 0.4) is 0 Å². The molecule has 2 N–H and O–H groups in total. The van der Waals surface area contributed by atoms with Gasteiger partial charge in [0.2, 0.25) is 0 Å². The van der Waals surface area contributed by atoms with Crippen molar-refractivity contribution >= 4 is 5.97 Å². The standard InChI is InChI=1S/C17H25NO3/c1-11-9-12(2)15(13(3)10-11)21-8-7-17(4,16(19)20)18-14-5-6-14/h9-10,14,18H,5-8H2,1-4H3,(H,19,20). The molecular weight excluding hydrogens is 266 g/mol. The topological polar surface area (TPSA) is 58.6 Å². The van der Waals surface area contributed by atoms with E-state index in [1.807, 2.05) is 13.8 Å². The molecule has 0 aliphatic heterocycles. The molecule has 21 heavy (non-hydrogen) atoms. The largest absolute Gasteiger partial charge is 0.493 e. The molecule has 0 aromatic heterocycles. The van der Waals surface area contributed by atoms with Crippen LogP contribution in [0, 0.1) is 20.8 Å². The van der Waals surface area contributed by atoms with Crippen molar-refractivity contribution in [1.29, 1.82) is 0 Å². The first-order chi connectivity index (χ1) is 9.82. The number of ether oxygens (including phenoxy) is 1. The van der Waals surface area contributed by atoms with E-state index in [1.165, 1.54) is 5.56 Å². The molecule has 2 rings (SSSR count). The van der Waals surface area contributed by atoms with Crippen LogP contribution in [0.15, 0.2) is 12.1 Å². The fourth-order valence-corrected chi connectivity index (χ4v) is 2.67. The Morgan fingerprint density at radius 3 is 2.38 bits per heavy atom. The van der Waals surface area contributed by atoms with Crippen LogP contribution in [0.2, 0.25) is 0 Å². The number of benzene rings is 1. The molecule has 0 heterocycles. The van der Waals surface area contributed by atoms with E-state index >= 15 is 0 Å². The first kappa shape index (κ1) is 15.8. The Bertz CT molecular complexity index is 514. The molecule has 1 aromatic carbocycles. The van der Waals surface area contributed by atoms with E-state index in [0.717, 1.165) is 29.7 Å². The van der Waals surface area contributed by atoms with Crippen molar-refractivity contribution in [3.8, 4) is 5.75 Å².